The maximum atomic E-state index is 16.0. The van der Waals surface area contributed by atoms with Crippen molar-refractivity contribution in [3.63, 3.8) is 0 Å². The molecule has 3 fully saturated rings. The number of nitrogens with zero attached hydrogens (tertiary/aromatic N) is 1. The summed E-state index contributed by atoms with van der Waals surface area (Å²) < 4.78 is 0. The van der Waals surface area contributed by atoms with Crippen LogP contribution in [0.3, 0.4) is 0 Å². The highest BCUT2D eigenvalue weighted by Gasteiger charge is 2.58. The van der Waals surface area contributed by atoms with Gasteiger partial charge >= 0.3 is 0 Å². The van der Waals surface area contributed by atoms with Crippen molar-refractivity contribution in [3.05, 3.63) is 96.1 Å². The number of fused-ring (bicyclic) bond motifs is 2. The van der Waals surface area contributed by atoms with E-state index in [0.29, 0.717) is 38.5 Å². The van der Waals surface area contributed by atoms with Crippen molar-refractivity contribution in [1.82, 2.24) is 4.90 Å². The molecule has 6 nitrogen and oxygen atoms in total. The minimum absolute atomic E-state index is 0.344. The van der Waals surface area contributed by atoms with E-state index >= 15 is 4.79 Å². The maximum Gasteiger partial charge on any atom is 0.239 e. The fourth-order valence-electron chi connectivity index (χ4n) is 9.78. The van der Waals surface area contributed by atoms with Crippen molar-refractivity contribution in [2.45, 2.75) is 126 Å². The van der Waals surface area contributed by atoms with Crippen LogP contribution >= 0.6 is 0 Å². The number of primary amides is 1. The first-order valence-electron chi connectivity index (χ1n) is 18.8. The van der Waals surface area contributed by atoms with Gasteiger partial charge in [0.25, 0.3) is 0 Å². The molecule has 0 saturated heterocycles. The van der Waals surface area contributed by atoms with Crippen molar-refractivity contribution in [3.8, 4) is 0 Å². The number of nitrogens with two attached hydrogens (primary N) is 1. The van der Waals surface area contributed by atoms with Gasteiger partial charge in [-0.25, -0.2) is 0 Å². The third-order valence-corrected chi connectivity index (χ3v) is 12.3. The molecule has 0 aromatic heterocycles. The van der Waals surface area contributed by atoms with Gasteiger partial charge in [0.15, 0.2) is 0 Å². The van der Waals surface area contributed by atoms with Crippen LogP contribution in [0, 0.1) is 5.41 Å². The molecule has 49 heavy (non-hydrogen) atoms. The molecule has 258 valence electrons. The lowest BCUT2D eigenvalue weighted by Crippen LogP contribution is -2.60. The minimum atomic E-state index is -1.41. The molecule has 0 bridgehead atoms. The van der Waals surface area contributed by atoms with Crippen LogP contribution in [-0.4, -0.2) is 38.1 Å². The molecule has 0 spiro atoms. The fourth-order valence-corrected chi connectivity index (χ4v) is 9.78. The molecule has 3 aliphatic carbocycles. The average molecular weight is 661 g/mol. The second kappa shape index (κ2) is 13.9. The molecule has 2 unspecified atom stereocenters. The summed E-state index contributed by atoms with van der Waals surface area (Å²) in [5, 5.41) is 30.5. The number of rotatable bonds is 8. The van der Waals surface area contributed by atoms with Crippen molar-refractivity contribution in [2.24, 2.45) is 11.1 Å². The number of amides is 2. The summed E-state index contributed by atoms with van der Waals surface area (Å²) in [5.41, 5.74) is 4.01. The predicted octanol–water partition coefficient (Wildman–Crippen LogP) is 8.82. The summed E-state index contributed by atoms with van der Waals surface area (Å²) in [6, 6.07) is 27.0. The number of benzene rings is 4. The molecule has 4 aromatic rings. The Kier molecular flexibility index (Phi) is 9.56. The lowest BCUT2D eigenvalue weighted by Gasteiger charge is -2.53. The normalized spacial score (nSPS) is 21.8. The van der Waals surface area contributed by atoms with Gasteiger partial charge in [-0.15, -0.1) is 0 Å². The summed E-state index contributed by atoms with van der Waals surface area (Å²) in [7, 11) is 0. The van der Waals surface area contributed by atoms with Crippen LogP contribution in [0.25, 0.3) is 21.5 Å². The number of hydrogen-bond donors (Lipinski definition) is 3. The molecule has 3 saturated carbocycles. The van der Waals surface area contributed by atoms with Crippen LogP contribution in [0.2, 0.25) is 0 Å². The van der Waals surface area contributed by atoms with Gasteiger partial charge in [0.1, 0.15) is 5.41 Å². The van der Waals surface area contributed by atoms with Gasteiger partial charge in [-0.05, 0) is 71.2 Å². The lowest BCUT2D eigenvalue weighted by atomic mass is 9.72. The monoisotopic (exact) mass is 660 g/mol. The van der Waals surface area contributed by atoms with E-state index in [4.69, 9.17) is 5.73 Å². The van der Waals surface area contributed by atoms with E-state index in [1.54, 1.807) is 0 Å². The molecule has 4 N–H and O–H groups in total. The second-order valence-electron chi connectivity index (χ2n) is 15.3. The van der Waals surface area contributed by atoms with Crippen LogP contribution in [0.4, 0.5) is 0 Å². The van der Waals surface area contributed by atoms with E-state index in [2.05, 4.69) is 48.5 Å². The minimum Gasteiger partial charge on any atom is -0.387 e. The van der Waals surface area contributed by atoms with Crippen molar-refractivity contribution in [1.29, 1.82) is 0 Å². The van der Waals surface area contributed by atoms with Crippen molar-refractivity contribution in [2.75, 3.05) is 0 Å². The van der Waals surface area contributed by atoms with Crippen molar-refractivity contribution >= 4 is 33.4 Å². The Morgan fingerprint density at radius 3 is 1.31 bits per heavy atom. The third-order valence-electron chi connectivity index (χ3n) is 12.3. The average Bonchev–Trinajstić information content (AvgIpc) is 3.39. The van der Waals surface area contributed by atoms with Gasteiger partial charge in [-0.3, -0.25) is 9.59 Å². The quantitative estimate of drug-likeness (QED) is 0.130. The molecule has 3 aliphatic rings. The molecule has 2 amide bonds. The standard InChI is InChI=1S/C43H52N2O4/c44-39(46)41(25-13-14-26-41)40(47)45(37(42(48)27-9-1-2-10-28-42)35-23-15-19-31-17-5-7-21-33(31)35)38(43(49)29-11-3-4-12-30-43)36-24-16-20-32-18-6-8-22-34(32)36/h5-8,15-24,37-38,48-49H,1-4,9-14,25-30H2,(H2,44,46). The van der Waals surface area contributed by atoms with Gasteiger partial charge in [0, 0.05) is 0 Å². The van der Waals surface area contributed by atoms with E-state index in [1.807, 2.05) is 41.3 Å². The van der Waals surface area contributed by atoms with E-state index in [1.165, 1.54) is 0 Å². The molecular formula is C43H52N2O4. The fraction of sp³-hybridized carbons (Fsp3) is 0.488. The van der Waals surface area contributed by atoms with Gasteiger partial charge < -0.3 is 20.8 Å². The molecule has 6 heteroatoms. The summed E-state index contributed by atoms with van der Waals surface area (Å²) in [6.45, 7) is 0. The van der Waals surface area contributed by atoms with Crippen LogP contribution in [0.1, 0.15) is 126 Å². The first-order chi connectivity index (χ1) is 23.8. The van der Waals surface area contributed by atoms with Gasteiger partial charge in [-0.2, -0.15) is 0 Å². The van der Waals surface area contributed by atoms with E-state index in [-0.39, 0.29) is 5.91 Å². The van der Waals surface area contributed by atoms with Crippen molar-refractivity contribution < 1.29 is 19.8 Å². The van der Waals surface area contributed by atoms with Gasteiger partial charge in [-0.1, -0.05) is 149 Å². The first-order valence-corrected chi connectivity index (χ1v) is 18.8. The molecular weight excluding hydrogens is 608 g/mol. The largest absolute Gasteiger partial charge is 0.387 e. The van der Waals surface area contributed by atoms with Gasteiger partial charge in [0.2, 0.25) is 11.8 Å². The van der Waals surface area contributed by atoms with Crippen LogP contribution in [0.5, 0.6) is 0 Å². The molecule has 2 atom stereocenters. The lowest BCUT2D eigenvalue weighted by molar-refractivity contribution is -0.174. The van der Waals surface area contributed by atoms with Crippen LogP contribution in [-0.2, 0) is 9.59 Å². The smallest absolute Gasteiger partial charge is 0.239 e. The van der Waals surface area contributed by atoms with Crippen LogP contribution < -0.4 is 5.73 Å². The second-order valence-corrected chi connectivity index (χ2v) is 15.3. The zero-order chi connectivity index (χ0) is 34.1. The van der Waals surface area contributed by atoms with Crippen LogP contribution in [0.15, 0.2) is 84.9 Å². The Labute approximate surface area is 290 Å². The zero-order valence-corrected chi connectivity index (χ0v) is 28.8. The van der Waals surface area contributed by atoms with E-state index in [9.17, 15) is 15.0 Å². The molecule has 0 aliphatic heterocycles. The summed E-state index contributed by atoms with van der Waals surface area (Å²) in [5.74, 6) is -0.947. The number of aliphatic hydroxyl groups is 2. The first kappa shape index (κ1) is 33.7. The highest BCUT2D eigenvalue weighted by atomic mass is 16.3. The Morgan fingerprint density at radius 2 is 0.898 bits per heavy atom. The number of carbonyl (C=O) groups is 2. The van der Waals surface area contributed by atoms with Gasteiger partial charge in [0.05, 0.1) is 23.3 Å². The molecule has 0 radical (unpaired) electrons. The molecule has 0 heterocycles. The Morgan fingerprint density at radius 1 is 0.531 bits per heavy atom. The molecule has 4 aromatic carbocycles. The van der Waals surface area contributed by atoms with E-state index < -0.39 is 34.6 Å². The Balaban J connectivity index is 1.58. The predicted molar refractivity (Wildman–Crippen MR) is 196 cm³/mol. The summed E-state index contributed by atoms with van der Waals surface area (Å²) in [4.78, 5) is 31.5. The highest BCUT2D eigenvalue weighted by molar-refractivity contribution is 6.05. The Bertz CT molecular complexity index is 1670. The molecule has 7 rings (SSSR count). The topological polar surface area (TPSA) is 104 Å². The zero-order valence-electron chi connectivity index (χ0n) is 28.8. The maximum absolute atomic E-state index is 16.0. The SMILES string of the molecule is NC(=O)C1(C(=O)N(C(c2cccc3ccccc23)C2(O)CCCCCC2)C(c2cccc3ccccc23)C2(O)CCCCCC2)CCCC1. The summed E-state index contributed by atoms with van der Waals surface area (Å²) in [6.07, 6.45) is 11.7. The summed E-state index contributed by atoms with van der Waals surface area (Å²) >= 11 is 0. The highest BCUT2D eigenvalue weighted by Crippen LogP contribution is 2.54. The number of carbonyl (C=O) groups excluding carboxylic acids is 2. The number of hydrogen-bond acceptors (Lipinski definition) is 4. The Hall–Kier alpha value is -3.74. The van der Waals surface area contributed by atoms with E-state index in [0.717, 1.165) is 96.9 Å². The third kappa shape index (κ3) is 6.16.